The molecular weight excluding hydrogens is 326 g/mol. The third-order valence-corrected chi connectivity index (χ3v) is 2.67. The fraction of sp³-hybridized carbons (Fsp3) is 0.154. The lowest BCUT2D eigenvalue weighted by Gasteiger charge is -2.04. The molecule has 0 saturated heterocycles. The Kier molecular flexibility index (Phi) is 6.45. The van der Waals surface area contributed by atoms with E-state index in [2.05, 4.69) is 38.4 Å². The highest BCUT2D eigenvalue weighted by atomic mass is 79.9. The topological polar surface area (TPSA) is 79.8 Å². The summed E-state index contributed by atoms with van der Waals surface area (Å²) in [5, 5.41) is 6.05. The highest BCUT2D eigenvalue weighted by molar-refractivity contribution is 9.10. The molecule has 0 radical (unpaired) electrons. The van der Waals surface area contributed by atoms with Crippen LogP contribution in [-0.2, 0) is 9.59 Å². The first-order chi connectivity index (χ1) is 9.58. The predicted molar refractivity (Wildman–Crippen MR) is 79.6 cm³/mol. The van der Waals surface area contributed by atoms with Crippen molar-refractivity contribution in [1.29, 1.82) is 0 Å². The Hall–Kier alpha value is -2.15. The number of amides is 2. The molecule has 0 aliphatic carbocycles. The molecule has 20 heavy (non-hydrogen) atoms. The lowest BCUT2D eigenvalue weighted by atomic mass is 10.2. The third-order valence-electron chi connectivity index (χ3n) is 2.17. The molecule has 0 aromatic heterocycles. The van der Waals surface area contributed by atoms with Crippen molar-refractivity contribution >= 4 is 34.0 Å². The van der Waals surface area contributed by atoms with Crippen LogP contribution in [0, 0.1) is 0 Å². The van der Waals surface area contributed by atoms with Gasteiger partial charge in [-0.15, -0.1) is 6.58 Å². The van der Waals surface area contributed by atoms with Gasteiger partial charge in [-0.2, -0.15) is 5.10 Å². The fourth-order valence-electron chi connectivity index (χ4n) is 1.26. The lowest BCUT2D eigenvalue weighted by Crippen LogP contribution is -2.37. The fourth-order valence-corrected chi connectivity index (χ4v) is 1.64. The van der Waals surface area contributed by atoms with Crippen LogP contribution in [0.25, 0.3) is 0 Å². The summed E-state index contributed by atoms with van der Waals surface area (Å²) < 4.78 is 5.99. The number of methoxy groups -OCH3 is 1. The molecule has 0 spiro atoms. The molecule has 7 heteroatoms. The third kappa shape index (κ3) is 4.85. The summed E-state index contributed by atoms with van der Waals surface area (Å²) in [4.78, 5) is 22.6. The van der Waals surface area contributed by atoms with Crippen LogP contribution in [0.1, 0.15) is 5.56 Å². The molecular formula is C13H14BrN3O3. The minimum atomic E-state index is -0.850. The molecule has 106 valence electrons. The molecule has 0 aliphatic heterocycles. The van der Waals surface area contributed by atoms with Gasteiger partial charge in [0.05, 0.1) is 13.3 Å². The molecule has 0 atom stereocenters. The van der Waals surface area contributed by atoms with E-state index in [4.69, 9.17) is 4.74 Å². The van der Waals surface area contributed by atoms with Crippen LogP contribution in [0.2, 0.25) is 0 Å². The van der Waals surface area contributed by atoms with Crippen molar-refractivity contribution in [2.45, 2.75) is 0 Å². The number of nitrogens with one attached hydrogen (secondary N) is 2. The quantitative estimate of drug-likeness (QED) is 0.366. The van der Waals surface area contributed by atoms with E-state index >= 15 is 0 Å². The van der Waals surface area contributed by atoms with Crippen molar-refractivity contribution in [2.75, 3.05) is 13.7 Å². The maximum absolute atomic E-state index is 11.3. The molecule has 0 fully saturated rings. The van der Waals surface area contributed by atoms with Gasteiger partial charge in [-0.3, -0.25) is 9.59 Å². The summed E-state index contributed by atoms with van der Waals surface area (Å²) in [7, 11) is 1.53. The molecule has 2 N–H and O–H groups in total. The number of hydrogen-bond acceptors (Lipinski definition) is 4. The second-order valence-electron chi connectivity index (χ2n) is 3.58. The molecule has 0 bridgehead atoms. The number of benzene rings is 1. The maximum atomic E-state index is 11.3. The molecule has 1 aromatic rings. The molecule has 1 rings (SSSR count). The van der Waals surface area contributed by atoms with E-state index in [1.54, 1.807) is 12.1 Å². The average Bonchev–Trinajstić information content (AvgIpc) is 2.44. The first kappa shape index (κ1) is 15.9. The first-order valence-electron chi connectivity index (χ1n) is 5.64. The molecule has 0 aliphatic rings. The number of ether oxygens (including phenoxy) is 1. The lowest BCUT2D eigenvalue weighted by molar-refractivity contribution is -0.139. The maximum Gasteiger partial charge on any atom is 0.329 e. The Bertz CT molecular complexity index is 544. The molecule has 0 unspecified atom stereocenters. The van der Waals surface area contributed by atoms with Crippen LogP contribution >= 0.6 is 15.9 Å². The van der Waals surface area contributed by atoms with E-state index < -0.39 is 11.8 Å². The van der Waals surface area contributed by atoms with Gasteiger partial charge in [0.25, 0.3) is 0 Å². The van der Waals surface area contributed by atoms with E-state index in [9.17, 15) is 9.59 Å². The zero-order valence-electron chi connectivity index (χ0n) is 10.9. The van der Waals surface area contributed by atoms with Crippen molar-refractivity contribution in [1.82, 2.24) is 10.7 Å². The van der Waals surface area contributed by atoms with Crippen molar-refractivity contribution < 1.29 is 14.3 Å². The van der Waals surface area contributed by atoms with E-state index in [1.165, 1.54) is 19.4 Å². The van der Waals surface area contributed by atoms with E-state index in [-0.39, 0.29) is 6.54 Å². The average molecular weight is 340 g/mol. The smallest absolute Gasteiger partial charge is 0.329 e. The SMILES string of the molecule is C=CCNC(=O)C(=O)N/N=C\c1cc(Br)ccc1OC. The Balaban J connectivity index is 2.65. The Labute approximate surface area is 125 Å². The summed E-state index contributed by atoms with van der Waals surface area (Å²) >= 11 is 3.32. The number of hydrogen-bond donors (Lipinski definition) is 2. The van der Waals surface area contributed by atoms with Gasteiger partial charge in [-0.25, -0.2) is 5.43 Å². The van der Waals surface area contributed by atoms with Crippen molar-refractivity contribution in [3.8, 4) is 5.75 Å². The molecule has 0 saturated carbocycles. The highest BCUT2D eigenvalue weighted by Gasteiger charge is 2.10. The Morgan fingerprint density at radius 2 is 2.20 bits per heavy atom. The van der Waals surface area contributed by atoms with Crippen molar-refractivity contribution in [2.24, 2.45) is 5.10 Å². The van der Waals surface area contributed by atoms with Crippen LogP contribution < -0.4 is 15.5 Å². The van der Waals surface area contributed by atoms with Crippen LogP contribution in [0.3, 0.4) is 0 Å². The molecule has 0 heterocycles. The van der Waals surface area contributed by atoms with Gasteiger partial charge in [-0.1, -0.05) is 22.0 Å². The highest BCUT2D eigenvalue weighted by Crippen LogP contribution is 2.21. The van der Waals surface area contributed by atoms with Gasteiger partial charge in [0.2, 0.25) is 0 Å². The first-order valence-corrected chi connectivity index (χ1v) is 6.43. The molecule has 1 aromatic carbocycles. The summed E-state index contributed by atoms with van der Waals surface area (Å²) in [5.74, 6) is -1.03. The Morgan fingerprint density at radius 3 is 2.85 bits per heavy atom. The van der Waals surface area contributed by atoms with E-state index in [1.807, 2.05) is 6.07 Å². The van der Waals surface area contributed by atoms with Gasteiger partial charge >= 0.3 is 11.8 Å². The van der Waals surface area contributed by atoms with Crippen molar-refractivity contribution in [3.05, 3.63) is 40.9 Å². The summed E-state index contributed by atoms with van der Waals surface area (Å²) in [6.07, 6.45) is 2.86. The second-order valence-corrected chi connectivity index (χ2v) is 4.50. The van der Waals surface area contributed by atoms with Crippen molar-refractivity contribution in [3.63, 3.8) is 0 Å². The van der Waals surface area contributed by atoms with Crippen LogP contribution in [0.15, 0.2) is 40.4 Å². The predicted octanol–water partition coefficient (Wildman–Crippen LogP) is 1.21. The summed E-state index contributed by atoms with van der Waals surface area (Å²) in [5.41, 5.74) is 2.78. The van der Waals surface area contributed by atoms with Gasteiger partial charge < -0.3 is 10.1 Å². The normalized spacial score (nSPS) is 10.1. The minimum absolute atomic E-state index is 0.218. The summed E-state index contributed by atoms with van der Waals surface area (Å²) in [6, 6.07) is 5.34. The number of nitrogens with zero attached hydrogens (tertiary/aromatic N) is 1. The molecule has 6 nitrogen and oxygen atoms in total. The van der Waals surface area contributed by atoms with Gasteiger partial charge in [0.15, 0.2) is 0 Å². The largest absolute Gasteiger partial charge is 0.496 e. The standard InChI is InChI=1S/C13H14BrN3O3/c1-3-6-15-12(18)13(19)17-16-8-9-7-10(14)4-5-11(9)20-2/h3-5,7-8H,1,6H2,2H3,(H,15,18)(H,17,19)/b16-8-. The van der Waals surface area contributed by atoms with Crippen LogP contribution in [-0.4, -0.2) is 31.7 Å². The van der Waals surface area contributed by atoms with E-state index in [0.29, 0.717) is 11.3 Å². The zero-order valence-corrected chi connectivity index (χ0v) is 12.4. The number of hydrazone groups is 1. The zero-order chi connectivity index (χ0) is 15.0. The van der Waals surface area contributed by atoms with E-state index in [0.717, 1.165) is 4.47 Å². The number of halogens is 1. The second kappa shape index (κ2) is 8.11. The monoisotopic (exact) mass is 339 g/mol. The molecule has 2 amide bonds. The van der Waals surface area contributed by atoms with Crippen LogP contribution in [0.5, 0.6) is 5.75 Å². The Morgan fingerprint density at radius 1 is 1.45 bits per heavy atom. The van der Waals surface area contributed by atoms with Gasteiger partial charge in [0.1, 0.15) is 5.75 Å². The number of carbonyl (C=O) groups is 2. The van der Waals surface area contributed by atoms with Gasteiger partial charge in [-0.05, 0) is 18.2 Å². The van der Waals surface area contributed by atoms with Gasteiger partial charge in [0, 0.05) is 16.6 Å². The van der Waals surface area contributed by atoms with Crippen LogP contribution in [0.4, 0.5) is 0 Å². The number of carbonyl (C=O) groups excluding carboxylic acids is 2. The minimum Gasteiger partial charge on any atom is -0.496 e. The number of rotatable bonds is 5. The summed E-state index contributed by atoms with van der Waals surface area (Å²) in [6.45, 7) is 3.64.